The van der Waals surface area contributed by atoms with Crippen LogP contribution < -0.4 is 5.63 Å². The average Bonchev–Trinajstić information content (AvgIpc) is 3.05. The summed E-state index contributed by atoms with van der Waals surface area (Å²) < 4.78 is 5.71. The van der Waals surface area contributed by atoms with E-state index in [0.29, 0.717) is 0 Å². The minimum atomic E-state index is -0.131. The fraction of sp³-hybridized carbons (Fsp3) is 0.625. The summed E-state index contributed by atoms with van der Waals surface area (Å²) in [6, 6.07) is 6.36. The molecule has 0 spiro atoms. The lowest BCUT2D eigenvalue weighted by molar-refractivity contribution is 0.182. The van der Waals surface area contributed by atoms with E-state index >= 15 is 0 Å². The first-order chi connectivity index (χ1) is 13.7. The molecule has 6 rings (SSSR count). The Morgan fingerprint density at radius 1 is 1.00 bits per heavy atom. The first kappa shape index (κ1) is 18.4. The Kier molecular flexibility index (Phi) is 5.02. The summed E-state index contributed by atoms with van der Waals surface area (Å²) in [7, 11) is 0. The van der Waals surface area contributed by atoms with Gasteiger partial charge in [-0.05, 0) is 67.6 Å². The Hall–Kier alpha value is -1.65. The van der Waals surface area contributed by atoms with Crippen LogP contribution in [0.4, 0.5) is 0 Å². The van der Waals surface area contributed by atoms with Crippen molar-refractivity contribution in [2.75, 3.05) is 32.7 Å². The molecule has 0 unspecified atom stereocenters. The normalized spacial score (nSPS) is 25.8. The van der Waals surface area contributed by atoms with Crippen LogP contribution in [0.3, 0.4) is 0 Å². The second-order valence-electron chi connectivity index (χ2n) is 9.20. The molecule has 0 N–H and O–H groups in total. The van der Waals surface area contributed by atoms with Crippen molar-refractivity contribution in [1.29, 1.82) is 0 Å². The summed E-state index contributed by atoms with van der Waals surface area (Å²) in [4.78, 5) is 17.8. The monoisotopic (exact) mass is 380 g/mol. The SMILES string of the molecule is CCc1ccc2c3c(c(=O)oc2c1)CN(CCN1CC2CCC(CC2)C1)CC3. The van der Waals surface area contributed by atoms with Gasteiger partial charge in [-0.3, -0.25) is 4.90 Å². The van der Waals surface area contributed by atoms with Gasteiger partial charge in [-0.1, -0.05) is 19.1 Å². The van der Waals surface area contributed by atoms with Gasteiger partial charge in [-0.25, -0.2) is 4.79 Å². The van der Waals surface area contributed by atoms with Crippen LogP contribution in [-0.4, -0.2) is 42.5 Å². The van der Waals surface area contributed by atoms with Gasteiger partial charge in [0, 0.05) is 44.7 Å². The molecule has 0 atom stereocenters. The number of aryl methyl sites for hydroxylation is 1. The molecule has 4 nitrogen and oxygen atoms in total. The zero-order valence-electron chi connectivity index (χ0n) is 17.1. The van der Waals surface area contributed by atoms with Gasteiger partial charge in [-0.2, -0.15) is 0 Å². The van der Waals surface area contributed by atoms with Crippen LogP contribution in [0.5, 0.6) is 0 Å². The summed E-state index contributed by atoms with van der Waals surface area (Å²) in [6.45, 7) is 8.68. The second kappa shape index (κ2) is 7.64. The first-order valence-corrected chi connectivity index (χ1v) is 11.2. The standard InChI is InChI=1S/C24H32N2O2/c1-2-17-7-8-21-20-9-10-25(16-22(20)24(27)28-23(21)13-17)11-12-26-14-18-3-4-19(15-26)6-5-18/h7-8,13,18-19H,2-6,9-12,14-16H2,1H3. The molecule has 1 saturated carbocycles. The molecule has 4 aliphatic rings. The van der Waals surface area contributed by atoms with E-state index in [0.717, 1.165) is 67.4 Å². The third-order valence-corrected chi connectivity index (χ3v) is 7.38. The van der Waals surface area contributed by atoms with Crippen molar-refractivity contribution in [1.82, 2.24) is 9.80 Å². The maximum absolute atomic E-state index is 12.7. The quantitative estimate of drug-likeness (QED) is 0.756. The lowest BCUT2D eigenvalue weighted by Gasteiger charge is -2.31. The van der Waals surface area contributed by atoms with Crippen LogP contribution in [-0.2, 0) is 19.4 Å². The van der Waals surface area contributed by atoms with E-state index in [-0.39, 0.29) is 5.63 Å². The molecule has 1 aromatic heterocycles. The molecule has 2 bridgehead atoms. The van der Waals surface area contributed by atoms with E-state index in [2.05, 4.69) is 28.9 Å². The van der Waals surface area contributed by atoms with Crippen LogP contribution in [0.15, 0.2) is 27.4 Å². The summed E-state index contributed by atoms with van der Waals surface area (Å²) >= 11 is 0. The van der Waals surface area contributed by atoms with E-state index in [1.807, 2.05) is 6.07 Å². The van der Waals surface area contributed by atoms with Gasteiger partial charge in [0.25, 0.3) is 0 Å². The molecule has 4 heterocycles. The van der Waals surface area contributed by atoms with Crippen molar-refractivity contribution in [3.05, 3.63) is 45.3 Å². The van der Waals surface area contributed by atoms with Crippen LogP contribution in [0.1, 0.15) is 49.3 Å². The highest BCUT2D eigenvalue weighted by atomic mass is 16.4. The minimum Gasteiger partial charge on any atom is -0.422 e. The maximum Gasteiger partial charge on any atom is 0.341 e. The number of hydrogen-bond donors (Lipinski definition) is 0. The Morgan fingerprint density at radius 3 is 2.43 bits per heavy atom. The van der Waals surface area contributed by atoms with E-state index in [9.17, 15) is 4.79 Å². The number of fused-ring (bicyclic) bond motifs is 7. The molecule has 28 heavy (non-hydrogen) atoms. The summed E-state index contributed by atoms with van der Waals surface area (Å²) in [5.74, 6) is 1.85. The molecule has 2 aromatic rings. The van der Waals surface area contributed by atoms with Gasteiger partial charge in [0.1, 0.15) is 5.58 Å². The predicted octanol–water partition coefficient (Wildman–Crippen LogP) is 3.84. The predicted molar refractivity (Wildman–Crippen MR) is 113 cm³/mol. The summed E-state index contributed by atoms with van der Waals surface area (Å²) in [5.41, 5.74) is 3.96. The van der Waals surface area contributed by atoms with Gasteiger partial charge in [0.2, 0.25) is 0 Å². The topological polar surface area (TPSA) is 36.7 Å². The Morgan fingerprint density at radius 2 is 1.71 bits per heavy atom. The largest absolute Gasteiger partial charge is 0.422 e. The van der Waals surface area contributed by atoms with Crippen LogP contribution in [0.2, 0.25) is 0 Å². The molecular weight excluding hydrogens is 348 g/mol. The molecule has 3 fully saturated rings. The highest BCUT2D eigenvalue weighted by molar-refractivity contribution is 5.82. The molecule has 1 aliphatic carbocycles. The fourth-order valence-corrected chi connectivity index (χ4v) is 5.64. The summed E-state index contributed by atoms with van der Waals surface area (Å²) in [6.07, 6.45) is 7.66. The molecule has 1 aromatic carbocycles. The number of nitrogens with zero attached hydrogens (tertiary/aromatic N) is 2. The first-order valence-electron chi connectivity index (χ1n) is 11.2. The number of hydrogen-bond acceptors (Lipinski definition) is 4. The van der Waals surface area contributed by atoms with E-state index in [4.69, 9.17) is 4.42 Å². The average molecular weight is 381 g/mol. The molecule has 4 heteroatoms. The Balaban J connectivity index is 1.30. The molecule has 2 saturated heterocycles. The van der Waals surface area contributed by atoms with Crippen molar-refractivity contribution in [3.8, 4) is 0 Å². The molecular formula is C24H32N2O2. The highest BCUT2D eigenvalue weighted by Crippen LogP contribution is 2.33. The minimum absolute atomic E-state index is 0.131. The third kappa shape index (κ3) is 3.53. The van der Waals surface area contributed by atoms with Crippen LogP contribution >= 0.6 is 0 Å². The van der Waals surface area contributed by atoms with E-state index in [1.54, 1.807) is 0 Å². The fourth-order valence-electron chi connectivity index (χ4n) is 5.64. The van der Waals surface area contributed by atoms with Crippen molar-refractivity contribution >= 4 is 11.0 Å². The van der Waals surface area contributed by atoms with Crippen molar-refractivity contribution in [3.63, 3.8) is 0 Å². The van der Waals surface area contributed by atoms with Gasteiger partial charge in [0.15, 0.2) is 0 Å². The second-order valence-corrected chi connectivity index (χ2v) is 9.20. The Bertz CT molecular complexity index is 897. The van der Waals surface area contributed by atoms with E-state index in [1.165, 1.54) is 49.9 Å². The highest BCUT2D eigenvalue weighted by Gasteiger charge is 2.30. The van der Waals surface area contributed by atoms with Crippen molar-refractivity contribution in [2.45, 2.75) is 52.0 Å². The maximum atomic E-state index is 12.7. The van der Waals surface area contributed by atoms with Crippen LogP contribution in [0.25, 0.3) is 11.0 Å². The third-order valence-electron chi connectivity index (χ3n) is 7.38. The molecule has 3 aliphatic heterocycles. The Labute approximate surface area is 167 Å². The smallest absolute Gasteiger partial charge is 0.341 e. The molecule has 150 valence electrons. The lowest BCUT2D eigenvalue weighted by Crippen LogP contribution is -2.40. The zero-order chi connectivity index (χ0) is 19.1. The van der Waals surface area contributed by atoms with E-state index < -0.39 is 0 Å². The zero-order valence-corrected chi connectivity index (χ0v) is 17.1. The van der Waals surface area contributed by atoms with Crippen molar-refractivity contribution in [2.24, 2.45) is 11.8 Å². The van der Waals surface area contributed by atoms with Gasteiger partial charge >= 0.3 is 5.63 Å². The summed E-state index contributed by atoms with van der Waals surface area (Å²) in [5, 5.41) is 1.13. The van der Waals surface area contributed by atoms with Crippen molar-refractivity contribution < 1.29 is 4.42 Å². The van der Waals surface area contributed by atoms with Gasteiger partial charge in [-0.15, -0.1) is 0 Å². The van der Waals surface area contributed by atoms with Gasteiger partial charge in [0.05, 0.1) is 5.56 Å². The molecule has 0 amide bonds. The number of benzene rings is 1. The lowest BCUT2D eigenvalue weighted by atomic mass is 9.84. The number of rotatable bonds is 4. The van der Waals surface area contributed by atoms with Gasteiger partial charge < -0.3 is 9.32 Å². The molecule has 0 radical (unpaired) electrons. The van der Waals surface area contributed by atoms with Crippen LogP contribution in [0, 0.1) is 11.8 Å².